The van der Waals surface area contributed by atoms with Crippen molar-refractivity contribution in [1.82, 2.24) is 19.1 Å². The molecule has 0 fully saturated rings. The van der Waals surface area contributed by atoms with Crippen molar-refractivity contribution < 1.29 is 8.22 Å². The predicted octanol–water partition coefficient (Wildman–Crippen LogP) is -0.731. The van der Waals surface area contributed by atoms with E-state index in [1.807, 2.05) is 0 Å². The lowest BCUT2D eigenvalue weighted by molar-refractivity contribution is 0.829. The number of rotatable bonds is 0. The molecular formula is C8H10N4O2. The second kappa shape index (κ2) is 2.57. The molecule has 0 aliphatic carbocycles. The van der Waals surface area contributed by atoms with Gasteiger partial charge in [-0.15, -0.1) is 0 Å². The number of nitrogens with zero attached hydrogens (tertiary/aromatic N) is 3. The van der Waals surface area contributed by atoms with Crippen LogP contribution in [0.25, 0.3) is 11.2 Å². The molecule has 74 valence electrons. The van der Waals surface area contributed by atoms with Crippen molar-refractivity contribution in [2.45, 2.75) is 6.92 Å². The molecule has 0 radical (unpaired) electrons. The molecule has 2 heterocycles. The number of fused-ring (bicyclic) bond motifs is 1. The Morgan fingerprint density at radius 1 is 1.36 bits per heavy atom. The van der Waals surface area contributed by atoms with Crippen LogP contribution in [-0.2, 0) is 14.0 Å². The van der Waals surface area contributed by atoms with Crippen LogP contribution in [0.2, 0.25) is 0 Å². The Morgan fingerprint density at radius 3 is 2.71 bits per heavy atom. The number of nitrogens with one attached hydrogen (secondary N) is 1. The summed E-state index contributed by atoms with van der Waals surface area (Å²) in [7, 11) is 0. The molecule has 6 nitrogen and oxygen atoms in total. The van der Waals surface area contributed by atoms with Crippen LogP contribution >= 0.6 is 0 Å². The number of aromatic amines is 1. The number of imidazole rings is 1. The zero-order valence-corrected chi connectivity index (χ0v) is 7.16. The standard InChI is InChI=1S/C8H10N4O2/c1-4-9-6-5(11(4)2)7(13)10-8(14)12(6)3/h1-3H3,(H,10,13,14)/i2D3,3D3. The monoisotopic (exact) mass is 200 g/mol. The average molecular weight is 200 g/mol. The van der Waals surface area contributed by atoms with E-state index >= 15 is 0 Å². The van der Waals surface area contributed by atoms with Crippen molar-refractivity contribution in [2.75, 3.05) is 0 Å². The average Bonchev–Trinajstić information content (AvgIpc) is 2.51. The van der Waals surface area contributed by atoms with E-state index in [0.717, 1.165) is 0 Å². The molecule has 2 aromatic rings. The summed E-state index contributed by atoms with van der Waals surface area (Å²) in [5.74, 6) is -0.0888. The molecule has 0 aromatic carbocycles. The highest BCUT2D eigenvalue weighted by atomic mass is 16.2. The molecule has 2 aromatic heterocycles. The van der Waals surface area contributed by atoms with Crippen LogP contribution in [0.3, 0.4) is 0 Å². The number of hydrogen-bond acceptors (Lipinski definition) is 3. The van der Waals surface area contributed by atoms with Gasteiger partial charge in [-0.1, -0.05) is 0 Å². The van der Waals surface area contributed by atoms with Crippen molar-refractivity contribution in [3.05, 3.63) is 26.7 Å². The smallest absolute Gasteiger partial charge is 0.325 e. The van der Waals surface area contributed by atoms with Crippen LogP contribution in [0.15, 0.2) is 9.59 Å². The van der Waals surface area contributed by atoms with Gasteiger partial charge in [-0.2, -0.15) is 0 Å². The van der Waals surface area contributed by atoms with Crippen molar-refractivity contribution in [1.29, 1.82) is 0 Å². The molecule has 0 saturated heterocycles. The van der Waals surface area contributed by atoms with Crippen LogP contribution in [0, 0.1) is 6.92 Å². The molecule has 0 unspecified atom stereocenters. The summed E-state index contributed by atoms with van der Waals surface area (Å²) in [5, 5.41) is 0. The van der Waals surface area contributed by atoms with Crippen LogP contribution < -0.4 is 11.2 Å². The Hall–Kier alpha value is -1.85. The van der Waals surface area contributed by atoms with Gasteiger partial charge in [-0.25, -0.2) is 9.78 Å². The minimum atomic E-state index is -2.89. The van der Waals surface area contributed by atoms with Gasteiger partial charge in [0.05, 0.1) is 0 Å². The highest BCUT2D eigenvalue weighted by molar-refractivity contribution is 5.70. The van der Waals surface area contributed by atoms with E-state index in [2.05, 4.69) is 4.98 Å². The lowest BCUT2D eigenvalue weighted by Crippen LogP contribution is -2.29. The summed E-state index contributed by atoms with van der Waals surface area (Å²) in [5.41, 5.74) is -3.12. The summed E-state index contributed by atoms with van der Waals surface area (Å²) >= 11 is 0. The van der Waals surface area contributed by atoms with Gasteiger partial charge in [0.25, 0.3) is 5.56 Å². The Labute approximate surface area is 87.2 Å². The Morgan fingerprint density at radius 2 is 2.07 bits per heavy atom. The van der Waals surface area contributed by atoms with Gasteiger partial charge in [-0.05, 0) is 6.92 Å². The molecule has 0 amide bonds. The first kappa shape index (κ1) is 4.12. The Kier molecular flexibility index (Phi) is 0.756. The van der Waals surface area contributed by atoms with Gasteiger partial charge in [-0.3, -0.25) is 14.3 Å². The van der Waals surface area contributed by atoms with Gasteiger partial charge in [0, 0.05) is 22.2 Å². The normalized spacial score (nSPS) is 19.2. The number of H-pyrrole nitrogens is 1. The number of aryl methyl sites for hydroxylation is 3. The third kappa shape index (κ3) is 0.935. The molecular weight excluding hydrogens is 184 g/mol. The van der Waals surface area contributed by atoms with Crippen LogP contribution in [0.5, 0.6) is 0 Å². The van der Waals surface area contributed by atoms with Gasteiger partial charge < -0.3 is 4.57 Å². The maximum atomic E-state index is 11.8. The van der Waals surface area contributed by atoms with E-state index in [1.54, 1.807) is 4.98 Å². The molecule has 0 spiro atoms. The van der Waals surface area contributed by atoms with Gasteiger partial charge in [0.1, 0.15) is 5.82 Å². The van der Waals surface area contributed by atoms with Gasteiger partial charge >= 0.3 is 5.69 Å². The lowest BCUT2D eigenvalue weighted by Gasteiger charge is -1.97. The maximum absolute atomic E-state index is 11.8. The summed E-state index contributed by atoms with van der Waals surface area (Å²) < 4.78 is 44.9. The molecule has 6 heteroatoms. The molecule has 1 N–H and O–H groups in total. The fourth-order valence-corrected chi connectivity index (χ4v) is 1.19. The van der Waals surface area contributed by atoms with Crippen LogP contribution in [-0.4, -0.2) is 19.1 Å². The van der Waals surface area contributed by atoms with Crippen molar-refractivity contribution in [2.24, 2.45) is 14.0 Å². The third-order valence-corrected chi connectivity index (χ3v) is 1.88. The minimum Gasteiger partial charge on any atom is -0.325 e. The van der Waals surface area contributed by atoms with Crippen molar-refractivity contribution >= 4 is 11.2 Å². The van der Waals surface area contributed by atoms with E-state index in [-0.39, 0.29) is 5.82 Å². The molecule has 14 heavy (non-hydrogen) atoms. The van der Waals surface area contributed by atoms with Gasteiger partial charge in [0.15, 0.2) is 11.2 Å². The quantitative estimate of drug-likeness (QED) is 0.609. The van der Waals surface area contributed by atoms with Crippen LogP contribution in [0.4, 0.5) is 0 Å². The second-order valence-electron chi connectivity index (χ2n) is 2.76. The Bertz CT molecular complexity index is 793. The summed E-state index contributed by atoms with van der Waals surface area (Å²) in [4.78, 5) is 29.0. The minimum absolute atomic E-state index is 0.0888. The maximum Gasteiger partial charge on any atom is 0.329 e. The third-order valence-electron chi connectivity index (χ3n) is 1.88. The zero-order valence-electron chi connectivity index (χ0n) is 13.2. The molecule has 0 saturated carbocycles. The second-order valence-corrected chi connectivity index (χ2v) is 2.76. The molecule has 0 atom stereocenters. The first-order valence-corrected chi connectivity index (χ1v) is 3.70. The number of aromatic nitrogens is 4. The largest absolute Gasteiger partial charge is 0.329 e. The van der Waals surface area contributed by atoms with E-state index in [1.165, 1.54) is 6.92 Å². The van der Waals surface area contributed by atoms with Crippen molar-refractivity contribution in [3.8, 4) is 0 Å². The molecule has 0 bridgehead atoms. The molecule has 2 rings (SSSR count). The highest BCUT2D eigenvalue weighted by Gasteiger charge is 2.11. The highest BCUT2D eigenvalue weighted by Crippen LogP contribution is 2.06. The zero-order chi connectivity index (χ0) is 15.5. The van der Waals surface area contributed by atoms with E-state index in [9.17, 15) is 9.59 Å². The fourth-order valence-electron chi connectivity index (χ4n) is 1.19. The van der Waals surface area contributed by atoms with Crippen molar-refractivity contribution in [3.63, 3.8) is 0 Å². The SMILES string of the molecule is [2H]C([2H])([2H])n1c(C)nc2c1c(=O)[nH]c(=O)n2C([2H])([2H])[2H]. The lowest BCUT2D eigenvalue weighted by atomic mass is 10.5. The molecule has 0 aliphatic heterocycles. The summed E-state index contributed by atoms with van der Waals surface area (Å²) in [6.45, 7) is -4.30. The van der Waals surface area contributed by atoms with E-state index in [4.69, 9.17) is 8.22 Å². The summed E-state index contributed by atoms with van der Waals surface area (Å²) in [6, 6.07) is 0. The number of hydrogen-bond donors (Lipinski definition) is 1. The van der Waals surface area contributed by atoms with Crippen LogP contribution in [0.1, 0.15) is 14.0 Å². The predicted molar refractivity (Wildman–Crippen MR) is 51.3 cm³/mol. The first-order chi connectivity index (χ1) is 8.94. The molecule has 0 aliphatic rings. The van der Waals surface area contributed by atoms with E-state index < -0.39 is 36.4 Å². The summed E-state index contributed by atoms with van der Waals surface area (Å²) in [6.07, 6.45) is 0. The fraction of sp³-hybridized carbons (Fsp3) is 0.375. The first-order valence-electron chi connectivity index (χ1n) is 6.70. The van der Waals surface area contributed by atoms with E-state index in [0.29, 0.717) is 9.13 Å². The Balaban J connectivity index is 3.10. The topological polar surface area (TPSA) is 72.7 Å². The van der Waals surface area contributed by atoms with Gasteiger partial charge in [0.2, 0.25) is 0 Å².